The molecule has 0 fully saturated rings. The predicted octanol–water partition coefficient (Wildman–Crippen LogP) is 1.57. The maximum absolute atomic E-state index is 11.5. The lowest BCUT2D eigenvalue weighted by Gasteiger charge is -2.17. The van der Waals surface area contributed by atoms with Crippen LogP contribution >= 0.6 is 11.6 Å². The third-order valence-corrected chi connectivity index (χ3v) is 2.26. The molecule has 1 aromatic rings. The van der Waals surface area contributed by atoms with E-state index < -0.39 is 17.3 Å². The van der Waals surface area contributed by atoms with Gasteiger partial charge in [-0.2, -0.15) is 0 Å². The number of anilines is 1. The molecule has 1 rings (SSSR count). The molecule has 0 spiro atoms. The molecule has 1 heterocycles. The van der Waals surface area contributed by atoms with Gasteiger partial charge < -0.3 is 5.11 Å². The Labute approximate surface area is 103 Å². The number of nitrogens with one attached hydrogen (secondary N) is 1. The van der Waals surface area contributed by atoms with E-state index in [4.69, 9.17) is 16.7 Å². The van der Waals surface area contributed by atoms with Gasteiger partial charge in [0.05, 0.1) is 5.41 Å². The summed E-state index contributed by atoms with van der Waals surface area (Å²) in [4.78, 5) is 29.9. The Hall–Kier alpha value is -1.69. The Balaban J connectivity index is 2.65. The summed E-state index contributed by atoms with van der Waals surface area (Å²) in [5.41, 5.74) is -1.14. The zero-order chi connectivity index (χ0) is 13.1. The lowest BCUT2D eigenvalue weighted by molar-refractivity contribution is -0.148. The summed E-state index contributed by atoms with van der Waals surface area (Å²) in [5.74, 6) is -1.46. The SMILES string of the molecule is CC(C)(CC(=O)Nc1nccc(Cl)n1)C(=O)O. The molecule has 0 radical (unpaired) electrons. The van der Waals surface area contributed by atoms with Gasteiger partial charge in [0.2, 0.25) is 11.9 Å². The molecule has 6 nitrogen and oxygen atoms in total. The number of aromatic nitrogens is 2. The van der Waals surface area contributed by atoms with Gasteiger partial charge in [-0.1, -0.05) is 11.6 Å². The summed E-state index contributed by atoms with van der Waals surface area (Å²) < 4.78 is 0. The normalized spacial score (nSPS) is 11.0. The first-order valence-corrected chi connectivity index (χ1v) is 5.21. The van der Waals surface area contributed by atoms with E-state index in [0.29, 0.717) is 0 Å². The van der Waals surface area contributed by atoms with Crippen LogP contribution in [-0.2, 0) is 9.59 Å². The molecule has 2 N–H and O–H groups in total. The van der Waals surface area contributed by atoms with Gasteiger partial charge in [-0.25, -0.2) is 9.97 Å². The topological polar surface area (TPSA) is 92.2 Å². The second-order valence-corrected chi connectivity index (χ2v) is 4.50. The van der Waals surface area contributed by atoms with Crippen molar-refractivity contribution in [2.24, 2.45) is 5.41 Å². The number of carbonyl (C=O) groups excluding carboxylic acids is 1. The molecule has 0 saturated heterocycles. The minimum Gasteiger partial charge on any atom is -0.481 e. The number of nitrogens with zero attached hydrogens (tertiary/aromatic N) is 2. The van der Waals surface area contributed by atoms with Crippen LogP contribution in [0.2, 0.25) is 5.15 Å². The van der Waals surface area contributed by atoms with Crippen LogP contribution in [-0.4, -0.2) is 27.0 Å². The van der Waals surface area contributed by atoms with Crippen molar-refractivity contribution < 1.29 is 14.7 Å². The minimum atomic E-state index is -1.14. The lowest BCUT2D eigenvalue weighted by atomic mass is 9.89. The minimum absolute atomic E-state index is 0.0590. The summed E-state index contributed by atoms with van der Waals surface area (Å²) >= 11 is 5.62. The predicted molar refractivity (Wildman–Crippen MR) is 61.7 cm³/mol. The van der Waals surface area contributed by atoms with E-state index in [1.807, 2.05) is 0 Å². The third-order valence-electron chi connectivity index (χ3n) is 2.05. The molecule has 0 bridgehead atoms. The van der Waals surface area contributed by atoms with Crippen LogP contribution in [0.3, 0.4) is 0 Å². The molecule has 92 valence electrons. The lowest BCUT2D eigenvalue weighted by Crippen LogP contribution is -2.29. The number of halogens is 1. The summed E-state index contributed by atoms with van der Waals surface area (Å²) in [6.07, 6.45) is 1.23. The summed E-state index contributed by atoms with van der Waals surface area (Å²) in [6.45, 7) is 2.93. The second-order valence-electron chi connectivity index (χ2n) is 4.12. The van der Waals surface area contributed by atoms with Crippen LogP contribution in [0.25, 0.3) is 0 Å². The fraction of sp³-hybridized carbons (Fsp3) is 0.400. The van der Waals surface area contributed by atoms with Crippen molar-refractivity contribution in [3.05, 3.63) is 17.4 Å². The number of carboxylic acids is 1. The third kappa shape index (κ3) is 3.99. The average Bonchev–Trinajstić information content (AvgIpc) is 2.15. The van der Waals surface area contributed by atoms with Crippen LogP contribution in [0.1, 0.15) is 20.3 Å². The van der Waals surface area contributed by atoms with E-state index in [9.17, 15) is 9.59 Å². The number of aliphatic carboxylic acids is 1. The average molecular weight is 258 g/mol. The summed E-state index contributed by atoms with van der Waals surface area (Å²) in [5, 5.41) is 11.5. The van der Waals surface area contributed by atoms with Crippen molar-refractivity contribution in [3.8, 4) is 0 Å². The van der Waals surface area contributed by atoms with Gasteiger partial charge in [-0.15, -0.1) is 0 Å². The quantitative estimate of drug-likeness (QED) is 0.799. The molecule has 0 aliphatic carbocycles. The van der Waals surface area contributed by atoms with Gasteiger partial charge in [0, 0.05) is 12.6 Å². The van der Waals surface area contributed by atoms with Crippen molar-refractivity contribution in [1.29, 1.82) is 0 Å². The first kappa shape index (κ1) is 13.4. The van der Waals surface area contributed by atoms with E-state index in [1.54, 1.807) is 0 Å². The molecule has 1 aromatic heterocycles. The molecule has 0 aromatic carbocycles. The second kappa shape index (κ2) is 5.09. The molecular weight excluding hydrogens is 246 g/mol. The monoisotopic (exact) mass is 257 g/mol. The van der Waals surface area contributed by atoms with E-state index in [0.717, 1.165) is 0 Å². The van der Waals surface area contributed by atoms with E-state index >= 15 is 0 Å². The number of carboxylic acid groups (broad SMARTS) is 1. The van der Waals surface area contributed by atoms with Gasteiger partial charge in [-0.3, -0.25) is 14.9 Å². The van der Waals surface area contributed by atoms with E-state index in [-0.39, 0.29) is 17.5 Å². The van der Waals surface area contributed by atoms with Crippen molar-refractivity contribution in [2.45, 2.75) is 20.3 Å². The van der Waals surface area contributed by atoms with Crippen LogP contribution in [0.15, 0.2) is 12.3 Å². The molecule has 0 atom stereocenters. The van der Waals surface area contributed by atoms with Gasteiger partial charge in [0.25, 0.3) is 0 Å². The maximum atomic E-state index is 11.5. The number of amides is 1. The van der Waals surface area contributed by atoms with Crippen LogP contribution < -0.4 is 5.32 Å². The van der Waals surface area contributed by atoms with E-state index in [1.165, 1.54) is 26.1 Å². The molecule has 0 aliphatic rings. The van der Waals surface area contributed by atoms with Crippen molar-refractivity contribution in [1.82, 2.24) is 9.97 Å². The highest BCUT2D eigenvalue weighted by Crippen LogP contribution is 2.20. The Morgan fingerprint density at radius 1 is 1.53 bits per heavy atom. The molecular formula is C10H12ClN3O3. The van der Waals surface area contributed by atoms with Crippen molar-refractivity contribution in [2.75, 3.05) is 5.32 Å². The number of hydrogen-bond acceptors (Lipinski definition) is 4. The summed E-state index contributed by atoms with van der Waals surface area (Å²) in [6, 6.07) is 1.47. The van der Waals surface area contributed by atoms with Gasteiger partial charge in [0.15, 0.2) is 0 Å². The first-order valence-electron chi connectivity index (χ1n) is 4.83. The largest absolute Gasteiger partial charge is 0.481 e. The van der Waals surface area contributed by atoms with Crippen LogP contribution in [0.5, 0.6) is 0 Å². The van der Waals surface area contributed by atoms with Gasteiger partial charge >= 0.3 is 5.97 Å². The number of rotatable bonds is 4. The zero-order valence-electron chi connectivity index (χ0n) is 9.40. The van der Waals surface area contributed by atoms with Crippen LogP contribution in [0.4, 0.5) is 5.95 Å². The Kier molecular flexibility index (Phi) is 4.01. The van der Waals surface area contributed by atoms with Gasteiger partial charge in [0.1, 0.15) is 5.15 Å². The molecule has 0 aliphatic heterocycles. The van der Waals surface area contributed by atoms with Crippen molar-refractivity contribution >= 4 is 29.4 Å². The number of hydrogen-bond donors (Lipinski definition) is 2. The fourth-order valence-electron chi connectivity index (χ4n) is 1.04. The first-order chi connectivity index (χ1) is 7.81. The molecule has 0 saturated carbocycles. The standard InChI is InChI=1S/C10H12ClN3O3/c1-10(2,8(16)17)5-7(15)14-9-12-4-3-6(11)13-9/h3-4H,5H2,1-2H3,(H,16,17)(H,12,13,14,15). The smallest absolute Gasteiger partial charge is 0.309 e. The Morgan fingerprint density at radius 3 is 2.71 bits per heavy atom. The Bertz CT molecular complexity index is 448. The molecule has 17 heavy (non-hydrogen) atoms. The van der Waals surface area contributed by atoms with E-state index in [2.05, 4.69) is 15.3 Å². The Morgan fingerprint density at radius 2 is 2.18 bits per heavy atom. The molecule has 0 unspecified atom stereocenters. The maximum Gasteiger partial charge on any atom is 0.309 e. The highest BCUT2D eigenvalue weighted by Gasteiger charge is 2.30. The molecule has 7 heteroatoms. The van der Waals surface area contributed by atoms with Gasteiger partial charge in [-0.05, 0) is 19.9 Å². The molecule has 1 amide bonds. The zero-order valence-corrected chi connectivity index (χ0v) is 10.2. The van der Waals surface area contributed by atoms with Crippen LogP contribution in [0, 0.1) is 5.41 Å². The van der Waals surface area contributed by atoms with Crippen molar-refractivity contribution in [3.63, 3.8) is 0 Å². The highest BCUT2D eigenvalue weighted by atomic mass is 35.5. The summed E-state index contributed by atoms with van der Waals surface area (Å²) in [7, 11) is 0. The number of carbonyl (C=O) groups is 2. The fourth-order valence-corrected chi connectivity index (χ4v) is 1.18. The highest BCUT2D eigenvalue weighted by molar-refractivity contribution is 6.29.